The predicted octanol–water partition coefficient (Wildman–Crippen LogP) is 3.63. The summed E-state index contributed by atoms with van der Waals surface area (Å²) in [7, 11) is 1.93. The van der Waals surface area contributed by atoms with Crippen LogP contribution >= 0.6 is 11.3 Å². The standard InChI is InChI=1S/C23H27N3OS/c1-17(18-10-4-3-5-11-18)25(2)22(27)16-26-15-9-8-13-20(26)23-24-19-12-6-7-14-21(19)28-23/h3-7,10-12,14,17,20H,8-9,13,15-16H2,1-2H3/p+1/t17-,20+/m0/s1. The highest BCUT2D eigenvalue weighted by molar-refractivity contribution is 7.18. The van der Waals surface area contributed by atoms with Crippen molar-refractivity contribution in [1.29, 1.82) is 0 Å². The highest BCUT2D eigenvalue weighted by Gasteiger charge is 2.33. The van der Waals surface area contributed by atoms with Crippen molar-refractivity contribution in [2.75, 3.05) is 20.1 Å². The van der Waals surface area contributed by atoms with Crippen LogP contribution in [-0.4, -0.2) is 35.9 Å². The largest absolute Gasteiger partial charge is 0.334 e. The minimum Gasteiger partial charge on any atom is -0.334 e. The van der Waals surface area contributed by atoms with Crippen molar-refractivity contribution < 1.29 is 9.69 Å². The fraction of sp³-hybridized carbons (Fsp3) is 0.391. The van der Waals surface area contributed by atoms with Gasteiger partial charge in [0.1, 0.15) is 6.04 Å². The number of hydrogen-bond donors (Lipinski definition) is 1. The average molecular weight is 395 g/mol. The summed E-state index contributed by atoms with van der Waals surface area (Å²) in [6, 6.07) is 19.0. The van der Waals surface area contributed by atoms with E-state index in [1.165, 1.54) is 33.0 Å². The monoisotopic (exact) mass is 394 g/mol. The van der Waals surface area contributed by atoms with Gasteiger partial charge in [-0.2, -0.15) is 0 Å². The third-order valence-electron chi connectivity index (χ3n) is 5.98. The Labute approximate surface area is 170 Å². The summed E-state index contributed by atoms with van der Waals surface area (Å²) >= 11 is 1.79. The van der Waals surface area contributed by atoms with Crippen molar-refractivity contribution in [3.8, 4) is 0 Å². The molecule has 4 rings (SSSR count). The molecule has 1 fully saturated rings. The van der Waals surface area contributed by atoms with Crippen LogP contribution in [0.1, 0.15) is 48.8 Å². The van der Waals surface area contributed by atoms with E-state index in [0.717, 1.165) is 18.5 Å². The second kappa shape index (κ2) is 8.41. The third-order valence-corrected chi connectivity index (χ3v) is 7.13. The molecule has 1 aliphatic heterocycles. The first-order chi connectivity index (χ1) is 13.6. The Kier molecular flexibility index (Phi) is 5.74. The van der Waals surface area contributed by atoms with Crippen LogP contribution in [0.5, 0.6) is 0 Å². The maximum Gasteiger partial charge on any atom is 0.278 e. The molecule has 0 radical (unpaired) electrons. The average Bonchev–Trinajstić information content (AvgIpc) is 3.17. The summed E-state index contributed by atoms with van der Waals surface area (Å²) in [4.78, 5) is 21.2. The molecule has 3 aromatic rings. The number of quaternary nitrogens is 1. The third kappa shape index (κ3) is 3.96. The van der Waals surface area contributed by atoms with Crippen LogP contribution in [0.3, 0.4) is 0 Å². The van der Waals surface area contributed by atoms with Crippen molar-refractivity contribution in [2.24, 2.45) is 0 Å². The number of fused-ring (bicyclic) bond motifs is 1. The van der Waals surface area contributed by atoms with Crippen LogP contribution in [0.25, 0.3) is 10.2 Å². The fourth-order valence-corrected chi connectivity index (χ4v) is 5.28. The van der Waals surface area contributed by atoms with Gasteiger partial charge < -0.3 is 9.80 Å². The summed E-state index contributed by atoms with van der Waals surface area (Å²) < 4.78 is 1.24. The van der Waals surface area contributed by atoms with Gasteiger partial charge in [0.05, 0.1) is 22.8 Å². The molecule has 1 aromatic heterocycles. The second-order valence-corrected chi connectivity index (χ2v) is 8.81. The van der Waals surface area contributed by atoms with Gasteiger partial charge in [-0.3, -0.25) is 4.79 Å². The number of carbonyl (C=O) groups is 1. The van der Waals surface area contributed by atoms with E-state index >= 15 is 0 Å². The van der Waals surface area contributed by atoms with Gasteiger partial charge in [0.25, 0.3) is 5.91 Å². The van der Waals surface area contributed by atoms with Gasteiger partial charge in [-0.15, -0.1) is 11.3 Å². The number of likely N-dealkylation sites (tertiary alicyclic amines) is 1. The summed E-state index contributed by atoms with van der Waals surface area (Å²) in [6.45, 7) is 3.68. The maximum absolute atomic E-state index is 13.1. The van der Waals surface area contributed by atoms with E-state index in [1.54, 1.807) is 11.3 Å². The molecule has 1 aliphatic rings. The van der Waals surface area contributed by atoms with E-state index in [2.05, 4.69) is 37.3 Å². The highest BCUT2D eigenvalue weighted by Crippen LogP contribution is 2.28. The molecule has 1 N–H and O–H groups in total. The molecule has 0 bridgehead atoms. The van der Waals surface area contributed by atoms with Crippen molar-refractivity contribution in [1.82, 2.24) is 9.88 Å². The number of carbonyl (C=O) groups excluding carboxylic acids is 1. The summed E-state index contributed by atoms with van der Waals surface area (Å²) in [5, 5.41) is 1.18. The molecule has 28 heavy (non-hydrogen) atoms. The van der Waals surface area contributed by atoms with Gasteiger partial charge in [-0.1, -0.05) is 42.5 Å². The first kappa shape index (κ1) is 19.1. The van der Waals surface area contributed by atoms with E-state index in [0.29, 0.717) is 12.6 Å². The molecule has 0 saturated carbocycles. The van der Waals surface area contributed by atoms with E-state index in [-0.39, 0.29) is 11.9 Å². The zero-order valence-corrected chi connectivity index (χ0v) is 17.4. The molecule has 1 amide bonds. The number of aromatic nitrogens is 1. The van der Waals surface area contributed by atoms with Gasteiger partial charge in [0, 0.05) is 13.5 Å². The highest BCUT2D eigenvalue weighted by atomic mass is 32.1. The Morgan fingerprint density at radius 1 is 1.18 bits per heavy atom. The van der Waals surface area contributed by atoms with Crippen LogP contribution in [-0.2, 0) is 4.79 Å². The SMILES string of the molecule is C[C@@H](c1ccccc1)N(C)C(=O)C[NH+]1CCCC[C@@H]1c1nc2ccccc2s1. The smallest absolute Gasteiger partial charge is 0.278 e. The molecule has 0 aliphatic carbocycles. The minimum atomic E-state index is 0.0822. The van der Waals surface area contributed by atoms with Gasteiger partial charge in [0.15, 0.2) is 11.6 Å². The second-order valence-electron chi connectivity index (χ2n) is 7.74. The number of hydrogen-bond acceptors (Lipinski definition) is 3. The number of amides is 1. The molecular weight excluding hydrogens is 366 g/mol. The van der Waals surface area contributed by atoms with Crippen molar-refractivity contribution in [3.63, 3.8) is 0 Å². The molecule has 5 heteroatoms. The van der Waals surface area contributed by atoms with Crippen molar-refractivity contribution in [2.45, 2.75) is 38.3 Å². The number of thiazole rings is 1. The molecule has 1 unspecified atom stereocenters. The van der Waals surface area contributed by atoms with Crippen LogP contribution in [0.15, 0.2) is 54.6 Å². The molecule has 0 spiro atoms. The summed E-state index contributed by atoms with van der Waals surface area (Å²) in [6.07, 6.45) is 3.51. The normalized spacial score (nSPS) is 20.8. The van der Waals surface area contributed by atoms with Gasteiger partial charge in [0.2, 0.25) is 0 Å². The molecule has 146 valence electrons. The fourth-order valence-electron chi connectivity index (χ4n) is 4.12. The van der Waals surface area contributed by atoms with Crippen LogP contribution in [0.2, 0.25) is 0 Å². The molecule has 3 atom stereocenters. The summed E-state index contributed by atoms with van der Waals surface area (Å²) in [5.74, 6) is 0.208. The maximum atomic E-state index is 13.1. The number of para-hydroxylation sites is 1. The van der Waals surface area contributed by atoms with Crippen molar-refractivity contribution >= 4 is 27.5 Å². The van der Waals surface area contributed by atoms with Gasteiger partial charge in [-0.25, -0.2) is 4.98 Å². The Bertz CT molecular complexity index is 906. The zero-order valence-electron chi connectivity index (χ0n) is 16.6. The number of nitrogens with zero attached hydrogens (tertiary/aromatic N) is 2. The van der Waals surface area contributed by atoms with Crippen LogP contribution < -0.4 is 4.90 Å². The Hall–Kier alpha value is -2.24. The first-order valence-electron chi connectivity index (χ1n) is 10.1. The van der Waals surface area contributed by atoms with E-state index in [4.69, 9.17) is 4.98 Å². The molecule has 2 heterocycles. The van der Waals surface area contributed by atoms with Gasteiger partial charge >= 0.3 is 0 Å². The Balaban J connectivity index is 1.49. The number of rotatable bonds is 5. The first-order valence-corrected chi connectivity index (χ1v) is 11.0. The number of piperidine rings is 1. The van der Waals surface area contributed by atoms with E-state index in [1.807, 2.05) is 36.2 Å². The Morgan fingerprint density at radius 2 is 1.93 bits per heavy atom. The van der Waals surface area contributed by atoms with E-state index < -0.39 is 0 Å². The van der Waals surface area contributed by atoms with Gasteiger partial charge in [-0.05, 0) is 37.5 Å². The van der Waals surface area contributed by atoms with E-state index in [9.17, 15) is 4.79 Å². The lowest BCUT2D eigenvalue weighted by Crippen LogP contribution is -3.14. The number of benzene rings is 2. The molecular formula is C23H28N3OS+. The topological polar surface area (TPSA) is 37.6 Å². The quantitative estimate of drug-likeness (QED) is 0.718. The number of likely N-dealkylation sites (N-methyl/N-ethyl adjacent to an activating group) is 1. The lowest BCUT2D eigenvalue weighted by molar-refractivity contribution is -0.929. The predicted molar refractivity (Wildman–Crippen MR) is 115 cm³/mol. The molecule has 2 aromatic carbocycles. The summed E-state index contributed by atoms with van der Waals surface area (Å²) in [5.41, 5.74) is 2.25. The number of nitrogens with one attached hydrogen (secondary N) is 1. The lowest BCUT2D eigenvalue weighted by Gasteiger charge is -2.33. The zero-order chi connectivity index (χ0) is 19.5. The molecule has 4 nitrogen and oxygen atoms in total. The molecule has 1 saturated heterocycles. The van der Waals surface area contributed by atoms with Crippen LogP contribution in [0.4, 0.5) is 0 Å². The Morgan fingerprint density at radius 3 is 2.71 bits per heavy atom. The minimum absolute atomic E-state index is 0.0822. The van der Waals surface area contributed by atoms with Crippen molar-refractivity contribution in [3.05, 3.63) is 65.2 Å². The van der Waals surface area contributed by atoms with Crippen LogP contribution in [0, 0.1) is 0 Å². The lowest BCUT2D eigenvalue weighted by atomic mass is 10.0.